The number of halogens is 1. The number of ketones is 1. The molecule has 17 heavy (non-hydrogen) atoms. The molecule has 1 atom stereocenters. The first-order chi connectivity index (χ1) is 7.80. The molecule has 1 aromatic rings. The number of nitrogens with zero attached hydrogens (tertiary/aromatic N) is 1. The molecule has 0 aromatic heterocycles. The zero-order chi connectivity index (χ0) is 12.8. The molecule has 2 rings (SSSR count). The predicted octanol–water partition coefficient (Wildman–Crippen LogP) is 4.28. The summed E-state index contributed by atoms with van der Waals surface area (Å²) in [5.74, 6) is 0.0337. The normalized spacial score (nSPS) is 19.4. The fraction of sp³-hybridized carbons (Fsp3) is 0.429. The smallest absolute Gasteiger partial charge is 0.173 e. The van der Waals surface area contributed by atoms with E-state index in [4.69, 9.17) is 0 Å². The molecular formula is C14H16BrNO. The topological polar surface area (TPSA) is 29.4 Å². The minimum Gasteiger partial charge on any atom is -0.293 e. The van der Waals surface area contributed by atoms with Gasteiger partial charge in [0.1, 0.15) is 0 Å². The van der Waals surface area contributed by atoms with Gasteiger partial charge in [-0.15, -0.1) is 0 Å². The van der Waals surface area contributed by atoms with E-state index in [9.17, 15) is 4.79 Å². The van der Waals surface area contributed by atoms with Crippen LogP contribution in [0.25, 0.3) is 0 Å². The Bertz CT molecular complexity index is 512. The number of hydrogen-bond donors (Lipinski definition) is 0. The highest BCUT2D eigenvalue weighted by Crippen LogP contribution is 2.37. The molecule has 0 amide bonds. The number of hydrogen-bond acceptors (Lipinski definition) is 2. The average Bonchev–Trinajstić information content (AvgIpc) is 2.22. The molecule has 0 spiro atoms. The second-order valence-electron chi connectivity index (χ2n) is 5.54. The minimum atomic E-state index is -0.121. The van der Waals surface area contributed by atoms with E-state index < -0.39 is 0 Å². The lowest BCUT2D eigenvalue weighted by molar-refractivity contribution is 0.0962. The molecule has 0 aliphatic carbocycles. The quantitative estimate of drug-likeness (QED) is 0.702. The van der Waals surface area contributed by atoms with E-state index in [0.717, 1.165) is 21.3 Å². The number of fused-ring (bicyclic) bond motifs is 1. The zero-order valence-electron chi connectivity index (χ0n) is 10.5. The van der Waals surface area contributed by atoms with Crippen molar-refractivity contribution in [3.05, 3.63) is 27.7 Å². The Labute approximate surface area is 110 Å². The van der Waals surface area contributed by atoms with Crippen LogP contribution in [0.2, 0.25) is 0 Å². The third-order valence-electron chi connectivity index (χ3n) is 3.04. The maximum Gasteiger partial charge on any atom is 0.173 e. The Morgan fingerprint density at radius 3 is 2.53 bits per heavy atom. The van der Waals surface area contributed by atoms with Gasteiger partial charge in [-0.25, -0.2) is 0 Å². The van der Waals surface area contributed by atoms with Gasteiger partial charge in [0.15, 0.2) is 5.78 Å². The summed E-state index contributed by atoms with van der Waals surface area (Å²) in [5.41, 5.74) is 2.68. The van der Waals surface area contributed by atoms with Gasteiger partial charge >= 0.3 is 0 Å². The summed E-state index contributed by atoms with van der Waals surface area (Å²) in [6.45, 7) is 8.30. The van der Waals surface area contributed by atoms with Crippen molar-refractivity contribution >= 4 is 33.6 Å². The first kappa shape index (κ1) is 12.5. The van der Waals surface area contributed by atoms with Gasteiger partial charge in [-0.1, -0.05) is 27.7 Å². The molecule has 3 heteroatoms. The van der Waals surface area contributed by atoms with Gasteiger partial charge in [0.2, 0.25) is 0 Å². The van der Waals surface area contributed by atoms with E-state index in [1.807, 2.05) is 13.0 Å². The van der Waals surface area contributed by atoms with Gasteiger partial charge in [0, 0.05) is 16.3 Å². The molecule has 0 saturated heterocycles. The molecule has 1 aliphatic rings. The van der Waals surface area contributed by atoms with Gasteiger partial charge in [0.05, 0.1) is 11.6 Å². The summed E-state index contributed by atoms with van der Waals surface area (Å²) < 4.78 is 0.899. The van der Waals surface area contributed by atoms with Crippen molar-refractivity contribution in [3.8, 4) is 0 Å². The number of Topliss-reactive ketones (excluding diaryl/α,β-unsaturated/α-hetero) is 1. The fourth-order valence-electron chi connectivity index (χ4n) is 1.85. The van der Waals surface area contributed by atoms with Crippen molar-refractivity contribution in [1.82, 2.24) is 0 Å². The van der Waals surface area contributed by atoms with Crippen LogP contribution in [0.3, 0.4) is 0 Å². The summed E-state index contributed by atoms with van der Waals surface area (Å²) in [6.07, 6.45) is 1.71. The lowest BCUT2D eigenvalue weighted by Crippen LogP contribution is -2.19. The van der Waals surface area contributed by atoms with E-state index >= 15 is 0 Å². The number of rotatable bonds is 0. The molecule has 0 bridgehead atoms. The summed E-state index contributed by atoms with van der Waals surface area (Å²) in [7, 11) is 0. The van der Waals surface area contributed by atoms with Crippen molar-refractivity contribution < 1.29 is 4.79 Å². The molecule has 2 nitrogen and oxygen atoms in total. The van der Waals surface area contributed by atoms with Crippen LogP contribution in [0.5, 0.6) is 0 Å². The molecular weight excluding hydrogens is 278 g/mol. The molecule has 0 fully saturated rings. The third kappa shape index (κ3) is 2.21. The predicted molar refractivity (Wildman–Crippen MR) is 74.5 cm³/mol. The minimum absolute atomic E-state index is 0.0300. The van der Waals surface area contributed by atoms with Crippen molar-refractivity contribution in [1.29, 1.82) is 0 Å². The van der Waals surface area contributed by atoms with E-state index in [0.29, 0.717) is 0 Å². The fourth-order valence-corrected chi connectivity index (χ4v) is 2.41. The highest BCUT2D eigenvalue weighted by atomic mass is 79.9. The van der Waals surface area contributed by atoms with Crippen LogP contribution in [0.15, 0.2) is 21.6 Å². The largest absolute Gasteiger partial charge is 0.293 e. The van der Waals surface area contributed by atoms with Gasteiger partial charge < -0.3 is 0 Å². The summed E-state index contributed by atoms with van der Waals surface area (Å²) >= 11 is 3.51. The number of aliphatic imine (C=N–C) groups is 1. The number of carbonyl (C=O) groups excluding carboxylic acids is 1. The Morgan fingerprint density at radius 2 is 1.94 bits per heavy atom. The third-order valence-corrected chi connectivity index (χ3v) is 3.64. The van der Waals surface area contributed by atoms with E-state index in [2.05, 4.69) is 47.8 Å². The monoisotopic (exact) mass is 293 g/mol. The summed E-state index contributed by atoms with van der Waals surface area (Å²) in [4.78, 5) is 16.5. The molecule has 1 unspecified atom stereocenters. The van der Waals surface area contributed by atoms with Crippen LogP contribution in [0.1, 0.15) is 43.6 Å². The summed E-state index contributed by atoms with van der Waals surface area (Å²) in [5, 5.41) is 0. The number of benzene rings is 1. The van der Waals surface area contributed by atoms with Crippen LogP contribution in [-0.2, 0) is 5.41 Å². The molecule has 0 N–H and O–H groups in total. The first-order valence-electron chi connectivity index (χ1n) is 5.73. The average molecular weight is 294 g/mol. The van der Waals surface area contributed by atoms with E-state index in [1.54, 1.807) is 6.21 Å². The van der Waals surface area contributed by atoms with Crippen molar-refractivity contribution in [2.75, 3.05) is 0 Å². The standard InChI is InChI=1S/C14H16BrNO/c1-8-7-16-12-10(13(8)17)5-9(6-11(12)15)14(2,3)4/h5-8H,1-4H3. The van der Waals surface area contributed by atoms with Crippen molar-refractivity contribution in [3.63, 3.8) is 0 Å². The molecule has 1 aromatic carbocycles. The summed E-state index contributed by atoms with van der Waals surface area (Å²) in [6, 6.07) is 4.04. The maximum absolute atomic E-state index is 12.1. The second kappa shape index (κ2) is 4.05. The van der Waals surface area contributed by atoms with Gasteiger partial charge in [-0.3, -0.25) is 9.79 Å². The maximum atomic E-state index is 12.1. The van der Waals surface area contributed by atoms with E-state index in [-0.39, 0.29) is 17.1 Å². The second-order valence-corrected chi connectivity index (χ2v) is 6.39. The first-order valence-corrected chi connectivity index (χ1v) is 6.52. The lowest BCUT2D eigenvalue weighted by atomic mass is 9.84. The van der Waals surface area contributed by atoms with Crippen molar-refractivity contribution in [2.24, 2.45) is 10.9 Å². The Balaban J connectivity index is 2.65. The SMILES string of the molecule is CC1C=Nc2c(Br)cc(C(C)(C)C)cc2C1=O. The molecule has 1 heterocycles. The van der Waals surface area contributed by atoms with Gasteiger partial charge in [0.25, 0.3) is 0 Å². The lowest BCUT2D eigenvalue weighted by Gasteiger charge is -2.23. The highest BCUT2D eigenvalue weighted by Gasteiger charge is 2.25. The molecule has 1 aliphatic heterocycles. The van der Waals surface area contributed by atoms with E-state index in [1.165, 1.54) is 0 Å². The molecule has 0 saturated carbocycles. The molecule has 0 radical (unpaired) electrons. The Kier molecular flexibility index (Phi) is 2.98. The van der Waals surface area contributed by atoms with Crippen LogP contribution in [0, 0.1) is 5.92 Å². The van der Waals surface area contributed by atoms with Crippen LogP contribution in [-0.4, -0.2) is 12.0 Å². The Morgan fingerprint density at radius 1 is 1.29 bits per heavy atom. The zero-order valence-corrected chi connectivity index (χ0v) is 12.1. The van der Waals surface area contributed by atoms with Crippen LogP contribution >= 0.6 is 15.9 Å². The Hall–Kier alpha value is -0.960. The number of carbonyl (C=O) groups is 1. The van der Waals surface area contributed by atoms with Crippen LogP contribution in [0.4, 0.5) is 5.69 Å². The molecule has 90 valence electrons. The highest BCUT2D eigenvalue weighted by molar-refractivity contribution is 9.10. The van der Waals surface area contributed by atoms with Gasteiger partial charge in [-0.2, -0.15) is 0 Å². The van der Waals surface area contributed by atoms with Crippen LogP contribution < -0.4 is 0 Å². The van der Waals surface area contributed by atoms with Crippen molar-refractivity contribution in [2.45, 2.75) is 33.1 Å². The van der Waals surface area contributed by atoms with Gasteiger partial charge in [-0.05, 0) is 39.0 Å².